The fraction of sp³-hybridized carbons (Fsp3) is 0.148. The van der Waals surface area contributed by atoms with Crippen LogP contribution in [0.1, 0.15) is 22.9 Å². The van der Waals surface area contributed by atoms with E-state index in [-0.39, 0.29) is 12.1 Å². The maximum Gasteiger partial charge on any atom is 0.322 e. The summed E-state index contributed by atoms with van der Waals surface area (Å²) in [4.78, 5) is 15.6. The van der Waals surface area contributed by atoms with Gasteiger partial charge in [-0.05, 0) is 53.6 Å². The number of hydrogen-bond acceptors (Lipinski definition) is 3. The second kappa shape index (κ2) is 8.47. The first-order valence-electron chi connectivity index (χ1n) is 11.2. The fourth-order valence-corrected chi connectivity index (χ4v) is 4.78. The van der Waals surface area contributed by atoms with E-state index in [1.165, 1.54) is 0 Å². The van der Waals surface area contributed by atoms with Crippen LogP contribution in [0.25, 0.3) is 5.69 Å². The summed E-state index contributed by atoms with van der Waals surface area (Å²) in [6, 6.07) is 24.9. The lowest BCUT2D eigenvalue weighted by Crippen LogP contribution is -2.37. The lowest BCUT2D eigenvalue weighted by molar-refractivity contribution is 0.171. The van der Waals surface area contributed by atoms with Crippen LogP contribution >= 0.6 is 11.6 Å². The lowest BCUT2D eigenvalue weighted by Gasteiger charge is -2.31. The summed E-state index contributed by atoms with van der Waals surface area (Å²) < 4.78 is 13.5. The van der Waals surface area contributed by atoms with Crippen molar-refractivity contribution in [3.63, 3.8) is 0 Å². The van der Waals surface area contributed by atoms with Crippen LogP contribution < -0.4 is 14.8 Å². The molecular weight excluding hydrogens is 450 g/mol. The van der Waals surface area contributed by atoms with Crippen molar-refractivity contribution >= 4 is 23.3 Å². The second-order valence-corrected chi connectivity index (χ2v) is 8.74. The normalized spacial score (nSPS) is 16.3. The highest BCUT2D eigenvalue weighted by Crippen LogP contribution is 2.38. The van der Waals surface area contributed by atoms with E-state index in [9.17, 15) is 4.79 Å². The minimum Gasteiger partial charge on any atom is -0.486 e. The molecule has 0 spiro atoms. The van der Waals surface area contributed by atoms with E-state index in [0.29, 0.717) is 42.0 Å². The number of ether oxygens (including phenoxy) is 2. The molecule has 0 aliphatic carbocycles. The van der Waals surface area contributed by atoms with Crippen molar-refractivity contribution in [2.45, 2.75) is 12.6 Å². The average molecular weight is 472 g/mol. The van der Waals surface area contributed by atoms with E-state index < -0.39 is 0 Å². The number of hydrogen-bond donors (Lipinski definition) is 1. The van der Waals surface area contributed by atoms with Crippen LogP contribution in [0.5, 0.6) is 11.5 Å². The first-order valence-corrected chi connectivity index (χ1v) is 11.5. The molecule has 2 aliphatic rings. The molecule has 0 saturated carbocycles. The number of carbonyl (C=O) groups is 1. The van der Waals surface area contributed by atoms with Crippen molar-refractivity contribution in [1.29, 1.82) is 0 Å². The number of urea groups is 1. The van der Waals surface area contributed by atoms with E-state index in [0.717, 1.165) is 22.5 Å². The molecule has 6 nitrogen and oxygen atoms in total. The van der Waals surface area contributed by atoms with Crippen molar-refractivity contribution in [3.8, 4) is 17.2 Å². The highest BCUT2D eigenvalue weighted by molar-refractivity contribution is 6.30. The van der Waals surface area contributed by atoms with E-state index in [1.54, 1.807) is 6.07 Å². The SMILES string of the molecule is O=C(Nc1ccc2c(c1)OCCO2)N1Cc2ccccc2-n2cccc2C1c1ccc(Cl)cc1. The molecule has 1 N–H and O–H groups in total. The van der Waals surface area contributed by atoms with Crippen LogP contribution in [-0.2, 0) is 6.54 Å². The summed E-state index contributed by atoms with van der Waals surface area (Å²) in [5.41, 5.74) is 4.76. The van der Waals surface area contributed by atoms with Crippen molar-refractivity contribution < 1.29 is 14.3 Å². The number of rotatable bonds is 2. The Morgan fingerprint density at radius 1 is 0.912 bits per heavy atom. The molecule has 0 saturated heterocycles. The van der Waals surface area contributed by atoms with Gasteiger partial charge in [-0.25, -0.2) is 4.79 Å². The van der Waals surface area contributed by atoms with Crippen molar-refractivity contribution in [2.75, 3.05) is 18.5 Å². The molecule has 1 unspecified atom stereocenters. The van der Waals surface area contributed by atoms with Gasteiger partial charge < -0.3 is 24.3 Å². The number of halogens is 1. The Kier molecular flexibility index (Phi) is 5.15. The molecule has 34 heavy (non-hydrogen) atoms. The number of benzene rings is 3. The zero-order valence-electron chi connectivity index (χ0n) is 18.3. The highest BCUT2D eigenvalue weighted by Gasteiger charge is 2.33. The van der Waals surface area contributed by atoms with E-state index in [4.69, 9.17) is 21.1 Å². The molecule has 1 aromatic heterocycles. The lowest BCUT2D eigenvalue weighted by atomic mass is 10.0. The second-order valence-electron chi connectivity index (χ2n) is 8.30. The molecule has 2 amide bonds. The minimum atomic E-state index is -0.308. The fourth-order valence-electron chi connectivity index (χ4n) is 4.65. The topological polar surface area (TPSA) is 55.7 Å². The quantitative estimate of drug-likeness (QED) is 0.388. The summed E-state index contributed by atoms with van der Waals surface area (Å²) in [6.45, 7) is 1.46. The summed E-state index contributed by atoms with van der Waals surface area (Å²) >= 11 is 6.18. The molecule has 4 aromatic rings. The van der Waals surface area contributed by atoms with E-state index in [1.807, 2.05) is 65.7 Å². The molecule has 2 aliphatic heterocycles. The predicted octanol–water partition coefficient (Wildman–Crippen LogP) is 6.04. The molecular formula is C27H22ClN3O3. The number of fused-ring (bicyclic) bond motifs is 4. The van der Waals surface area contributed by atoms with Crippen molar-refractivity contribution in [3.05, 3.63) is 107 Å². The third kappa shape index (κ3) is 3.66. The number of nitrogens with one attached hydrogen (secondary N) is 1. The molecule has 6 rings (SSSR count). The number of anilines is 1. The number of para-hydroxylation sites is 1. The van der Waals surface area contributed by atoms with Crippen LogP contribution in [0.4, 0.5) is 10.5 Å². The van der Waals surface area contributed by atoms with Crippen LogP contribution in [0.2, 0.25) is 5.02 Å². The zero-order chi connectivity index (χ0) is 23.1. The summed E-state index contributed by atoms with van der Waals surface area (Å²) in [5, 5.41) is 3.73. The number of nitrogens with zero attached hydrogens (tertiary/aromatic N) is 2. The first kappa shape index (κ1) is 20.7. The van der Waals surface area contributed by atoms with Crippen molar-refractivity contribution in [2.24, 2.45) is 0 Å². The molecule has 0 fully saturated rings. The smallest absolute Gasteiger partial charge is 0.322 e. The maximum atomic E-state index is 13.8. The third-order valence-corrected chi connectivity index (χ3v) is 6.46. The van der Waals surface area contributed by atoms with Gasteiger partial charge in [0.05, 0.1) is 18.3 Å². The van der Waals surface area contributed by atoms with Gasteiger partial charge in [0, 0.05) is 28.7 Å². The number of aromatic nitrogens is 1. The van der Waals surface area contributed by atoms with Gasteiger partial charge in [-0.2, -0.15) is 0 Å². The van der Waals surface area contributed by atoms with Crippen molar-refractivity contribution in [1.82, 2.24) is 9.47 Å². The van der Waals surface area contributed by atoms with E-state index in [2.05, 4.69) is 28.1 Å². The zero-order valence-corrected chi connectivity index (χ0v) is 19.0. The summed E-state index contributed by atoms with van der Waals surface area (Å²) in [6.07, 6.45) is 2.04. The monoisotopic (exact) mass is 471 g/mol. The Balaban J connectivity index is 1.42. The Morgan fingerprint density at radius 3 is 2.56 bits per heavy atom. The number of carbonyl (C=O) groups excluding carboxylic acids is 1. The van der Waals surface area contributed by atoms with Crippen LogP contribution in [0.15, 0.2) is 85.1 Å². The van der Waals surface area contributed by atoms with Gasteiger partial charge in [0.15, 0.2) is 11.5 Å². The predicted molar refractivity (Wildman–Crippen MR) is 131 cm³/mol. The van der Waals surface area contributed by atoms with Gasteiger partial charge in [-0.15, -0.1) is 0 Å². The van der Waals surface area contributed by atoms with Crippen LogP contribution in [0.3, 0.4) is 0 Å². The Hall–Kier alpha value is -3.90. The van der Waals surface area contributed by atoms with Gasteiger partial charge in [-0.1, -0.05) is 41.9 Å². The molecule has 0 bridgehead atoms. The molecule has 170 valence electrons. The van der Waals surface area contributed by atoms with Gasteiger partial charge in [-0.3, -0.25) is 0 Å². The summed E-state index contributed by atoms with van der Waals surface area (Å²) in [5.74, 6) is 1.32. The number of amides is 2. The Morgan fingerprint density at radius 2 is 1.71 bits per heavy atom. The standard InChI is InChI=1S/C27H22ClN3O3/c28-20-9-7-18(8-10-20)26-23-6-3-13-30(23)22-5-2-1-4-19(22)17-31(26)27(32)29-21-11-12-24-25(16-21)34-15-14-33-24/h1-13,16,26H,14-15,17H2,(H,29,32). The highest BCUT2D eigenvalue weighted by atomic mass is 35.5. The Labute approximate surface area is 202 Å². The largest absolute Gasteiger partial charge is 0.486 e. The minimum absolute atomic E-state index is 0.207. The summed E-state index contributed by atoms with van der Waals surface area (Å²) in [7, 11) is 0. The molecule has 7 heteroatoms. The third-order valence-electron chi connectivity index (χ3n) is 6.20. The average Bonchev–Trinajstić information content (AvgIpc) is 3.29. The molecule has 3 aromatic carbocycles. The first-order chi connectivity index (χ1) is 16.7. The molecule has 3 heterocycles. The van der Waals surface area contributed by atoms with E-state index >= 15 is 0 Å². The van der Waals surface area contributed by atoms with Gasteiger partial charge in [0.25, 0.3) is 0 Å². The molecule has 1 atom stereocenters. The Bertz CT molecular complexity index is 1370. The van der Waals surface area contributed by atoms with Crippen LogP contribution in [-0.4, -0.2) is 28.7 Å². The van der Waals surface area contributed by atoms with Gasteiger partial charge in [0.2, 0.25) is 0 Å². The maximum absolute atomic E-state index is 13.8. The molecule has 0 radical (unpaired) electrons. The van der Waals surface area contributed by atoms with Crippen LogP contribution in [0, 0.1) is 0 Å². The van der Waals surface area contributed by atoms with Gasteiger partial charge in [0.1, 0.15) is 13.2 Å². The van der Waals surface area contributed by atoms with Gasteiger partial charge >= 0.3 is 6.03 Å².